The van der Waals surface area contributed by atoms with E-state index in [1.165, 1.54) is 5.56 Å². The Morgan fingerprint density at radius 2 is 1.83 bits per heavy atom. The van der Waals surface area contributed by atoms with Gasteiger partial charge in [0.1, 0.15) is 0 Å². The van der Waals surface area contributed by atoms with E-state index < -0.39 is 0 Å². The van der Waals surface area contributed by atoms with Crippen molar-refractivity contribution in [3.63, 3.8) is 0 Å². The van der Waals surface area contributed by atoms with Crippen LogP contribution in [0.15, 0.2) is 59.6 Å². The number of nitrogens with one attached hydrogen (secondary N) is 2. The van der Waals surface area contributed by atoms with Crippen LogP contribution in [0.4, 0.5) is 5.69 Å². The molecule has 3 aromatic rings. The number of para-hydroxylation sites is 1. The number of hydrogen-bond acceptors (Lipinski definition) is 3. The van der Waals surface area contributed by atoms with Gasteiger partial charge in [-0.3, -0.25) is 19.8 Å². The van der Waals surface area contributed by atoms with Crippen molar-refractivity contribution in [3.05, 3.63) is 82.7 Å². The van der Waals surface area contributed by atoms with Crippen LogP contribution < -0.4 is 10.6 Å². The van der Waals surface area contributed by atoms with Gasteiger partial charge in [0.25, 0.3) is 5.91 Å². The molecule has 0 atom stereocenters. The molecule has 0 aliphatic heterocycles. The van der Waals surface area contributed by atoms with Gasteiger partial charge >= 0.3 is 0 Å². The van der Waals surface area contributed by atoms with Crippen molar-refractivity contribution >= 4 is 17.6 Å². The number of aliphatic imine (C=N–C) groups is 1. The maximum atomic E-state index is 12.7. The summed E-state index contributed by atoms with van der Waals surface area (Å²) in [5.41, 5.74) is 5.85. The highest BCUT2D eigenvalue weighted by Gasteiger charge is 2.11. The first-order chi connectivity index (χ1) is 13.9. The number of nitrogens with zero attached hydrogens (tertiary/aromatic N) is 3. The van der Waals surface area contributed by atoms with Crippen LogP contribution in [-0.2, 0) is 13.5 Å². The Bertz CT molecular complexity index is 1020. The molecule has 0 radical (unpaired) electrons. The summed E-state index contributed by atoms with van der Waals surface area (Å²) in [4.78, 5) is 17.3. The molecule has 0 spiro atoms. The Morgan fingerprint density at radius 3 is 2.48 bits per heavy atom. The van der Waals surface area contributed by atoms with Gasteiger partial charge in [0.05, 0.1) is 5.69 Å². The molecule has 29 heavy (non-hydrogen) atoms. The highest BCUT2D eigenvalue weighted by atomic mass is 16.1. The molecule has 1 amide bonds. The van der Waals surface area contributed by atoms with E-state index >= 15 is 0 Å². The molecule has 1 heterocycles. The molecular weight excluding hydrogens is 362 g/mol. The lowest BCUT2D eigenvalue weighted by Crippen LogP contribution is -2.36. The zero-order chi connectivity index (χ0) is 20.8. The second-order valence-electron chi connectivity index (χ2n) is 7.07. The standard InChI is InChI=1S/C23H27N5O/c1-16-9-8-10-19(15-16)22(29)26-23(25-20-11-6-5-7-12-20)24-14-13-21-17(2)27-28(4)18(21)3/h5-12,15H,13-14H2,1-4H3,(H2,24,25,26,29). The summed E-state index contributed by atoms with van der Waals surface area (Å²) in [6.07, 6.45) is 0.756. The molecule has 6 nitrogen and oxygen atoms in total. The number of rotatable bonds is 5. The van der Waals surface area contributed by atoms with Gasteiger partial charge in [0, 0.05) is 30.5 Å². The number of amides is 1. The average Bonchev–Trinajstić information content (AvgIpc) is 2.94. The van der Waals surface area contributed by atoms with E-state index in [2.05, 4.69) is 27.6 Å². The number of carbonyl (C=O) groups is 1. The van der Waals surface area contributed by atoms with Gasteiger partial charge in [-0.05, 0) is 57.0 Å². The van der Waals surface area contributed by atoms with Crippen LogP contribution in [0.1, 0.15) is 32.9 Å². The Balaban J connectivity index is 1.76. The summed E-state index contributed by atoms with van der Waals surface area (Å²) in [6, 6.07) is 17.2. The summed E-state index contributed by atoms with van der Waals surface area (Å²) in [5, 5.41) is 10.6. The van der Waals surface area contributed by atoms with Gasteiger partial charge in [-0.25, -0.2) is 0 Å². The molecular formula is C23H27N5O. The first-order valence-electron chi connectivity index (χ1n) is 9.67. The molecule has 2 N–H and O–H groups in total. The van der Waals surface area contributed by atoms with Crippen molar-refractivity contribution in [1.82, 2.24) is 15.1 Å². The van der Waals surface area contributed by atoms with E-state index in [9.17, 15) is 4.79 Å². The van der Waals surface area contributed by atoms with Gasteiger partial charge in [0.2, 0.25) is 5.96 Å². The molecule has 0 fully saturated rings. The summed E-state index contributed by atoms with van der Waals surface area (Å²) in [7, 11) is 1.94. The number of carbonyl (C=O) groups excluding carboxylic acids is 1. The lowest BCUT2D eigenvalue weighted by Gasteiger charge is -2.12. The van der Waals surface area contributed by atoms with Crippen molar-refractivity contribution in [1.29, 1.82) is 0 Å². The molecule has 3 rings (SSSR count). The number of guanidine groups is 1. The van der Waals surface area contributed by atoms with E-state index in [1.54, 1.807) is 6.07 Å². The van der Waals surface area contributed by atoms with Gasteiger partial charge < -0.3 is 5.32 Å². The highest BCUT2D eigenvalue weighted by molar-refractivity contribution is 6.10. The highest BCUT2D eigenvalue weighted by Crippen LogP contribution is 2.13. The first-order valence-corrected chi connectivity index (χ1v) is 9.67. The third kappa shape index (κ3) is 5.31. The van der Waals surface area contributed by atoms with Crippen molar-refractivity contribution in [2.45, 2.75) is 27.2 Å². The Hall–Kier alpha value is -3.41. The van der Waals surface area contributed by atoms with E-state index in [1.807, 2.05) is 74.1 Å². The molecule has 0 aliphatic rings. The van der Waals surface area contributed by atoms with Crippen LogP contribution >= 0.6 is 0 Å². The number of anilines is 1. The number of benzene rings is 2. The maximum absolute atomic E-state index is 12.7. The minimum atomic E-state index is -0.190. The number of aryl methyl sites for hydroxylation is 3. The molecule has 0 unspecified atom stereocenters. The van der Waals surface area contributed by atoms with E-state index in [0.717, 1.165) is 29.1 Å². The first kappa shape index (κ1) is 20.3. The van der Waals surface area contributed by atoms with Crippen LogP contribution in [0.3, 0.4) is 0 Å². The van der Waals surface area contributed by atoms with Crippen LogP contribution in [-0.4, -0.2) is 28.2 Å². The van der Waals surface area contributed by atoms with Crippen molar-refractivity contribution < 1.29 is 4.79 Å². The molecule has 0 saturated carbocycles. The molecule has 0 bridgehead atoms. The molecule has 0 saturated heterocycles. The Kier molecular flexibility index (Phi) is 6.44. The van der Waals surface area contributed by atoms with Crippen LogP contribution in [0.25, 0.3) is 0 Å². The van der Waals surface area contributed by atoms with Crippen LogP contribution in [0.2, 0.25) is 0 Å². The third-order valence-corrected chi connectivity index (χ3v) is 4.84. The minimum Gasteiger partial charge on any atom is -0.326 e. The summed E-state index contributed by atoms with van der Waals surface area (Å²) in [6.45, 7) is 6.57. The van der Waals surface area contributed by atoms with E-state index in [-0.39, 0.29) is 5.91 Å². The number of hydrogen-bond donors (Lipinski definition) is 2. The molecule has 1 aromatic heterocycles. The van der Waals surface area contributed by atoms with Crippen molar-refractivity contribution in [2.75, 3.05) is 11.9 Å². The summed E-state index contributed by atoms with van der Waals surface area (Å²) < 4.78 is 1.89. The molecule has 6 heteroatoms. The average molecular weight is 390 g/mol. The topological polar surface area (TPSA) is 71.3 Å². The summed E-state index contributed by atoms with van der Waals surface area (Å²) in [5.74, 6) is 0.242. The minimum absolute atomic E-state index is 0.190. The monoisotopic (exact) mass is 389 g/mol. The fourth-order valence-electron chi connectivity index (χ4n) is 3.19. The normalized spacial score (nSPS) is 11.4. The maximum Gasteiger partial charge on any atom is 0.257 e. The zero-order valence-electron chi connectivity index (χ0n) is 17.4. The Labute approximate surface area is 171 Å². The SMILES string of the molecule is Cc1cccc(C(=O)NC(=NCCc2c(C)nn(C)c2C)Nc2ccccc2)c1. The lowest BCUT2D eigenvalue weighted by molar-refractivity contribution is 0.0977. The van der Waals surface area contributed by atoms with Crippen molar-refractivity contribution in [2.24, 2.45) is 12.0 Å². The molecule has 2 aromatic carbocycles. The zero-order valence-corrected chi connectivity index (χ0v) is 17.4. The number of aromatic nitrogens is 2. The summed E-state index contributed by atoms with van der Waals surface area (Å²) >= 11 is 0. The fourth-order valence-corrected chi connectivity index (χ4v) is 3.19. The van der Waals surface area contributed by atoms with Gasteiger partial charge in [0.15, 0.2) is 0 Å². The molecule has 150 valence electrons. The largest absolute Gasteiger partial charge is 0.326 e. The quantitative estimate of drug-likeness (QED) is 0.515. The van der Waals surface area contributed by atoms with E-state index in [4.69, 9.17) is 0 Å². The predicted octanol–water partition coefficient (Wildman–Crippen LogP) is 3.79. The fraction of sp³-hybridized carbons (Fsp3) is 0.261. The van der Waals surface area contributed by atoms with Crippen LogP contribution in [0.5, 0.6) is 0 Å². The second-order valence-corrected chi connectivity index (χ2v) is 7.07. The van der Waals surface area contributed by atoms with Gasteiger partial charge in [-0.15, -0.1) is 0 Å². The van der Waals surface area contributed by atoms with Gasteiger partial charge in [-0.1, -0.05) is 35.9 Å². The van der Waals surface area contributed by atoms with Crippen molar-refractivity contribution in [3.8, 4) is 0 Å². The third-order valence-electron chi connectivity index (χ3n) is 4.84. The lowest BCUT2D eigenvalue weighted by atomic mass is 10.1. The molecule has 0 aliphatic carbocycles. The second kappa shape index (κ2) is 9.19. The predicted molar refractivity (Wildman–Crippen MR) is 117 cm³/mol. The smallest absolute Gasteiger partial charge is 0.257 e. The van der Waals surface area contributed by atoms with E-state index in [0.29, 0.717) is 18.1 Å². The van der Waals surface area contributed by atoms with Gasteiger partial charge in [-0.2, -0.15) is 5.10 Å². The van der Waals surface area contributed by atoms with Crippen LogP contribution in [0, 0.1) is 20.8 Å². The Morgan fingerprint density at radius 1 is 1.07 bits per heavy atom.